The van der Waals surface area contributed by atoms with Gasteiger partial charge >= 0.3 is 0 Å². The van der Waals surface area contributed by atoms with Crippen LogP contribution in [0, 0.1) is 0 Å². The fourth-order valence-corrected chi connectivity index (χ4v) is 4.31. The molecule has 5 heteroatoms. The minimum atomic E-state index is 0. The Balaban J connectivity index is 0.00000192. The monoisotopic (exact) mass is 370 g/mol. The van der Waals surface area contributed by atoms with E-state index in [1.54, 1.807) is 0 Å². The van der Waals surface area contributed by atoms with Gasteiger partial charge < -0.3 is 11.1 Å². The first-order valence-corrected chi connectivity index (χ1v) is 9.19. The topological polar surface area (TPSA) is 38.0 Å². The van der Waals surface area contributed by atoms with Crippen LogP contribution in [0.2, 0.25) is 5.02 Å². The van der Waals surface area contributed by atoms with Crippen molar-refractivity contribution in [1.29, 1.82) is 0 Å². The number of hydrogen-bond donors (Lipinski definition) is 2. The van der Waals surface area contributed by atoms with Gasteiger partial charge in [0.05, 0.1) is 0 Å². The molecule has 0 amide bonds. The summed E-state index contributed by atoms with van der Waals surface area (Å²) in [5.41, 5.74) is 7.56. The second-order valence-corrected chi connectivity index (χ2v) is 7.70. The molecule has 3 rings (SSSR count). The molecular weight excluding hydrogens is 347 g/mol. The van der Waals surface area contributed by atoms with Crippen LogP contribution in [0.15, 0.2) is 41.8 Å². The zero-order valence-electron chi connectivity index (χ0n) is 13.1. The maximum absolute atomic E-state index is 6.17. The maximum atomic E-state index is 6.17. The van der Waals surface area contributed by atoms with Crippen LogP contribution in [0.4, 0.5) is 0 Å². The number of halogens is 2. The van der Waals surface area contributed by atoms with Gasteiger partial charge in [-0.3, -0.25) is 0 Å². The molecule has 0 radical (unpaired) electrons. The van der Waals surface area contributed by atoms with Crippen molar-refractivity contribution in [2.45, 2.75) is 43.7 Å². The molecule has 2 nitrogen and oxygen atoms in total. The minimum Gasteiger partial charge on any atom is -0.330 e. The summed E-state index contributed by atoms with van der Waals surface area (Å²) in [7, 11) is 0. The van der Waals surface area contributed by atoms with Gasteiger partial charge in [-0.25, -0.2) is 0 Å². The summed E-state index contributed by atoms with van der Waals surface area (Å²) in [6.45, 7) is 1.68. The molecule has 23 heavy (non-hydrogen) atoms. The van der Waals surface area contributed by atoms with Crippen molar-refractivity contribution in [2.24, 2.45) is 5.73 Å². The summed E-state index contributed by atoms with van der Waals surface area (Å²) >= 11 is 7.98. The van der Waals surface area contributed by atoms with Crippen LogP contribution in [0.1, 0.15) is 36.1 Å². The first-order chi connectivity index (χ1) is 10.7. The lowest BCUT2D eigenvalue weighted by atomic mass is 9.68. The third-order valence-corrected chi connectivity index (χ3v) is 6.03. The van der Waals surface area contributed by atoms with Gasteiger partial charge in [0.15, 0.2) is 0 Å². The highest BCUT2D eigenvalue weighted by molar-refractivity contribution is 7.09. The molecule has 0 saturated heterocycles. The van der Waals surface area contributed by atoms with E-state index in [-0.39, 0.29) is 17.8 Å². The van der Waals surface area contributed by atoms with E-state index in [1.807, 2.05) is 23.5 Å². The van der Waals surface area contributed by atoms with E-state index in [0.29, 0.717) is 12.6 Å². The zero-order chi connectivity index (χ0) is 15.4. The van der Waals surface area contributed by atoms with Gasteiger partial charge in [0.25, 0.3) is 0 Å². The van der Waals surface area contributed by atoms with Crippen LogP contribution in [0.25, 0.3) is 0 Å². The van der Waals surface area contributed by atoms with Gasteiger partial charge in [0, 0.05) is 34.4 Å². The quantitative estimate of drug-likeness (QED) is 0.796. The Labute approximate surface area is 153 Å². The predicted molar refractivity (Wildman–Crippen MR) is 103 cm³/mol. The molecule has 3 N–H and O–H groups in total. The van der Waals surface area contributed by atoms with Crippen molar-refractivity contribution < 1.29 is 0 Å². The fourth-order valence-electron chi connectivity index (χ4n) is 3.46. The summed E-state index contributed by atoms with van der Waals surface area (Å²) in [6, 6.07) is 13.1. The van der Waals surface area contributed by atoms with Crippen LogP contribution in [0.5, 0.6) is 0 Å². The Bertz CT molecular complexity index is 593. The van der Waals surface area contributed by atoms with E-state index in [1.165, 1.54) is 23.3 Å². The number of hydrogen-bond acceptors (Lipinski definition) is 3. The van der Waals surface area contributed by atoms with Gasteiger partial charge in [0.1, 0.15) is 0 Å². The molecule has 1 saturated carbocycles. The molecule has 0 spiro atoms. The van der Waals surface area contributed by atoms with Crippen molar-refractivity contribution in [1.82, 2.24) is 5.32 Å². The summed E-state index contributed by atoms with van der Waals surface area (Å²) in [4.78, 5) is 1.41. The van der Waals surface area contributed by atoms with Gasteiger partial charge in [0.2, 0.25) is 0 Å². The SMILES string of the molecule is Cl.NC[C@]1(c2cccc(Cl)c2)CC[C@@H](NCc2cccs2)CC1. The van der Waals surface area contributed by atoms with E-state index in [2.05, 4.69) is 35.0 Å². The molecule has 2 aromatic rings. The van der Waals surface area contributed by atoms with Gasteiger partial charge in [-0.1, -0.05) is 29.8 Å². The molecule has 1 fully saturated rings. The number of rotatable bonds is 5. The van der Waals surface area contributed by atoms with Crippen molar-refractivity contribution in [3.8, 4) is 0 Å². The van der Waals surface area contributed by atoms with Crippen molar-refractivity contribution in [3.63, 3.8) is 0 Å². The molecule has 1 aromatic carbocycles. The predicted octanol–water partition coefficient (Wildman–Crippen LogP) is 4.75. The Morgan fingerprint density at radius 2 is 2.00 bits per heavy atom. The van der Waals surface area contributed by atoms with E-state index in [9.17, 15) is 0 Å². The summed E-state index contributed by atoms with van der Waals surface area (Å²) < 4.78 is 0. The second kappa shape index (κ2) is 8.50. The average Bonchev–Trinajstić information content (AvgIpc) is 3.07. The molecular formula is C18H24Cl2N2S. The fraction of sp³-hybridized carbons (Fsp3) is 0.444. The van der Waals surface area contributed by atoms with Crippen LogP contribution >= 0.6 is 35.3 Å². The normalized spacial score (nSPS) is 24.2. The van der Waals surface area contributed by atoms with Crippen LogP contribution < -0.4 is 11.1 Å². The molecule has 0 aliphatic heterocycles. The first kappa shape index (κ1) is 18.8. The maximum Gasteiger partial charge on any atom is 0.0408 e. The van der Waals surface area contributed by atoms with Crippen molar-refractivity contribution in [3.05, 3.63) is 57.2 Å². The Morgan fingerprint density at radius 1 is 1.22 bits per heavy atom. The zero-order valence-corrected chi connectivity index (χ0v) is 15.5. The molecule has 126 valence electrons. The van der Waals surface area contributed by atoms with E-state index >= 15 is 0 Å². The van der Waals surface area contributed by atoms with Crippen molar-refractivity contribution >= 4 is 35.3 Å². The highest BCUT2D eigenvalue weighted by atomic mass is 35.5. The summed E-state index contributed by atoms with van der Waals surface area (Å²) in [6.07, 6.45) is 4.61. The van der Waals surface area contributed by atoms with Crippen LogP contribution in [-0.4, -0.2) is 12.6 Å². The number of nitrogens with two attached hydrogens (primary N) is 1. The molecule has 1 aliphatic rings. The third-order valence-electron chi connectivity index (χ3n) is 4.92. The van der Waals surface area contributed by atoms with E-state index < -0.39 is 0 Å². The lowest BCUT2D eigenvalue weighted by Gasteiger charge is -2.40. The van der Waals surface area contributed by atoms with Crippen molar-refractivity contribution in [2.75, 3.05) is 6.54 Å². The van der Waals surface area contributed by atoms with Gasteiger partial charge in [-0.15, -0.1) is 23.7 Å². The molecule has 0 bridgehead atoms. The minimum absolute atomic E-state index is 0. The van der Waals surface area contributed by atoms with Gasteiger partial charge in [-0.05, 0) is 54.8 Å². The molecule has 0 atom stereocenters. The summed E-state index contributed by atoms with van der Waals surface area (Å²) in [5.74, 6) is 0. The Morgan fingerprint density at radius 3 is 2.61 bits per heavy atom. The third kappa shape index (κ3) is 4.49. The van der Waals surface area contributed by atoms with E-state index in [4.69, 9.17) is 17.3 Å². The smallest absolute Gasteiger partial charge is 0.0408 e. The lowest BCUT2D eigenvalue weighted by molar-refractivity contribution is 0.251. The molecule has 1 aliphatic carbocycles. The number of thiophene rings is 1. The van der Waals surface area contributed by atoms with Crippen LogP contribution in [-0.2, 0) is 12.0 Å². The standard InChI is InChI=1S/C18H23ClN2S.ClH/c19-15-4-1-3-14(11-15)18(13-20)8-6-16(7-9-18)21-12-17-5-2-10-22-17;/h1-5,10-11,16,21H,6-9,12-13,20H2;1H/t16-,18+;. The van der Waals surface area contributed by atoms with Crippen LogP contribution in [0.3, 0.4) is 0 Å². The average molecular weight is 371 g/mol. The molecule has 1 heterocycles. The number of nitrogens with one attached hydrogen (secondary N) is 1. The lowest BCUT2D eigenvalue weighted by Crippen LogP contribution is -2.43. The second-order valence-electron chi connectivity index (χ2n) is 6.23. The number of benzene rings is 1. The Hall–Kier alpha value is -0.580. The highest BCUT2D eigenvalue weighted by Gasteiger charge is 2.35. The Kier molecular flexibility index (Phi) is 6.93. The van der Waals surface area contributed by atoms with E-state index in [0.717, 1.165) is 24.4 Å². The largest absolute Gasteiger partial charge is 0.330 e. The highest BCUT2D eigenvalue weighted by Crippen LogP contribution is 2.39. The summed E-state index contributed by atoms with van der Waals surface area (Å²) in [5, 5.41) is 6.64. The van der Waals surface area contributed by atoms with Gasteiger partial charge in [-0.2, -0.15) is 0 Å². The molecule has 0 unspecified atom stereocenters. The molecule has 1 aromatic heterocycles. The first-order valence-electron chi connectivity index (χ1n) is 7.94.